The Balaban J connectivity index is 3.74. The second-order valence-corrected chi connectivity index (χ2v) is 6.28. The second kappa shape index (κ2) is 7.04. The normalized spacial score (nSPS) is 13.5. The molecule has 118 valence electrons. The van der Waals surface area contributed by atoms with Crippen LogP contribution < -0.4 is 0 Å². The summed E-state index contributed by atoms with van der Waals surface area (Å²) in [6.07, 6.45) is 2.90. The van der Waals surface area contributed by atoms with E-state index in [1.54, 1.807) is 0 Å². The van der Waals surface area contributed by atoms with Crippen LogP contribution in [-0.4, -0.2) is 25.2 Å². The number of hydrogen-bond donors (Lipinski definition) is 0. The van der Waals surface area contributed by atoms with Crippen LogP contribution in [-0.2, 0) is 5.31 Å². The molecule has 1 rings (SSSR count). The third-order valence-electron chi connectivity index (χ3n) is 4.53. The molecular weight excluding hydrogens is 275 g/mol. The number of ketones is 3. The second-order valence-electron chi connectivity index (χ2n) is 6.28. The predicted octanol–water partition coefficient (Wildman–Crippen LogP) is 3.33. The minimum atomic E-state index is -0.240. The van der Waals surface area contributed by atoms with Crippen LogP contribution in [0, 0.1) is 0 Å². The van der Waals surface area contributed by atoms with Crippen molar-refractivity contribution < 1.29 is 14.4 Å². The summed E-state index contributed by atoms with van der Waals surface area (Å²) in [4.78, 5) is 36.0. The maximum Gasteiger partial charge on any atom is 0.161 e. The Labute approximate surface area is 133 Å². The molecule has 1 aromatic rings. The SMILES string of the molecule is BC(CC)(CCC)c1cc(C(C)=O)c(C(C)=O)c(C(C)=O)c1. The number of hydrogen-bond acceptors (Lipinski definition) is 3. The van der Waals surface area contributed by atoms with E-state index in [-0.39, 0.29) is 28.2 Å². The summed E-state index contributed by atoms with van der Waals surface area (Å²) in [5, 5.41) is -0.0987. The largest absolute Gasteiger partial charge is 0.294 e. The lowest BCUT2D eigenvalue weighted by atomic mass is 9.59. The zero-order valence-electron chi connectivity index (χ0n) is 14.5. The Kier molecular flexibility index (Phi) is 5.87. The van der Waals surface area contributed by atoms with Crippen molar-refractivity contribution in [1.82, 2.24) is 0 Å². The minimum absolute atomic E-state index is 0.0987. The van der Waals surface area contributed by atoms with Crippen LogP contribution in [0.25, 0.3) is 0 Å². The van der Waals surface area contributed by atoms with Gasteiger partial charge in [0.15, 0.2) is 17.3 Å². The molecule has 22 heavy (non-hydrogen) atoms. The molecule has 0 amide bonds. The Morgan fingerprint density at radius 2 is 1.41 bits per heavy atom. The summed E-state index contributed by atoms with van der Waals surface area (Å²) in [5.41, 5.74) is 1.97. The zero-order chi connectivity index (χ0) is 17.1. The van der Waals surface area contributed by atoms with E-state index in [9.17, 15) is 14.4 Å². The molecule has 0 saturated carbocycles. The van der Waals surface area contributed by atoms with Gasteiger partial charge in [-0.25, -0.2) is 0 Å². The van der Waals surface area contributed by atoms with E-state index >= 15 is 0 Å². The summed E-state index contributed by atoms with van der Waals surface area (Å²) in [6.45, 7) is 8.52. The van der Waals surface area contributed by atoms with Crippen molar-refractivity contribution in [2.75, 3.05) is 0 Å². The van der Waals surface area contributed by atoms with Gasteiger partial charge in [-0.2, -0.15) is 0 Å². The monoisotopic (exact) mass is 300 g/mol. The number of carbonyl (C=O) groups is 3. The van der Waals surface area contributed by atoms with Gasteiger partial charge in [-0.3, -0.25) is 14.4 Å². The smallest absolute Gasteiger partial charge is 0.161 e. The van der Waals surface area contributed by atoms with Crippen LogP contribution in [0.4, 0.5) is 0 Å². The molecule has 0 N–H and O–H groups in total. The van der Waals surface area contributed by atoms with E-state index < -0.39 is 0 Å². The van der Waals surface area contributed by atoms with Gasteiger partial charge in [0, 0.05) is 16.7 Å². The van der Waals surface area contributed by atoms with E-state index in [4.69, 9.17) is 0 Å². The molecular formula is C18H25BO3. The highest BCUT2D eigenvalue weighted by atomic mass is 16.1. The van der Waals surface area contributed by atoms with Gasteiger partial charge in [0.25, 0.3) is 0 Å². The molecule has 1 aromatic carbocycles. The molecule has 0 spiro atoms. The third-order valence-corrected chi connectivity index (χ3v) is 4.53. The maximum atomic E-state index is 12.0. The van der Waals surface area contributed by atoms with Crippen molar-refractivity contribution in [3.05, 3.63) is 34.4 Å². The van der Waals surface area contributed by atoms with Crippen LogP contribution in [0.15, 0.2) is 12.1 Å². The van der Waals surface area contributed by atoms with Gasteiger partial charge in [0.05, 0.1) is 0 Å². The quantitative estimate of drug-likeness (QED) is 0.573. The van der Waals surface area contributed by atoms with Crippen molar-refractivity contribution in [3.8, 4) is 0 Å². The van der Waals surface area contributed by atoms with E-state index in [1.165, 1.54) is 20.8 Å². The third kappa shape index (κ3) is 3.54. The van der Waals surface area contributed by atoms with Gasteiger partial charge in [0.2, 0.25) is 0 Å². The number of Topliss-reactive ketones (excluding diaryl/α,β-unsaturated/α-hetero) is 3. The summed E-state index contributed by atoms with van der Waals surface area (Å²) < 4.78 is 0. The van der Waals surface area contributed by atoms with Gasteiger partial charge in [-0.05, 0) is 43.8 Å². The number of rotatable bonds is 7. The average Bonchev–Trinajstić information content (AvgIpc) is 2.45. The first kappa shape index (κ1) is 18.3. The van der Waals surface area contributed by atoms with Crippen LogP contribution in [0.3, 0.4) is 0 Å². The highest BCUT2D eigenvalue weighted by molar-refractivity contribution is 6.18. The van der Waals surface area contributed by atoms with Crippen LogP contribution in [0.1, 0.15) is 90.5 Å². The molecule has 1 atom stereocenters. The molecule has 0 saturated heterocycles. The number of benzene rings is 1. The predicted molar refractivity (Wildman–Crippen MR) is 91.9 cm³/mol. The molecule has 3 nitrogen and oxygen atoms in total. The molecule has 0 radical (unpaired) electrons. The fourth-order valence-electron chi connectivity index (χ4n) is 3.00. The molecule has 0 heterocycles. The van der Waals surface area contributed by atoms with Gasteiger partial charge in [-0.1, -0.05) is 33.1 Å². The lowest BCUT2D eigenvalue weighted by Crippen LogP contribution is -2.27. The molecule has 0 aliphatic heterocycles. The van der Waals surface area contributed by atoms with Crippen LogP contribution >= 0.6 is 0 Å². The first-order chi connectivity index (χ1) is 10.2. The van der Waals surface area contributed by atoms with Crippen molar-refractivity contribution in [2.45, 2.75) is 59.2 Å². The highest BCUT2D eigenvalue weighted by Crippen LogP contribution is 2.33. The van der Waals surface area contributed by atoms with E-state index in [0.717, 1.165) is 24.8 Å². The number of carbonyl (C=O) groups excluding carboxylic acids is 3. The van der Waals surface area contributed by atoms with E-state index in [0.29, 0.717) is 11.1 Å². The zero-order valence-corrected chi connectivity index (χ0v) is 14.5. The lowest BCUT2D eigenvalue weighted by Gasteiger charge is -2.30. The molecule has 0 aromatic heterocycles. The molecule has 0 aliphatic carbocycles. The van der Waals surface area contributed by atoms with E-state index in [1.807, 2.05) is 12.1 Å². The topological polar surface area (TPSA) is 51.2 Å². The fraction of sp³-hybridized carbons (Fsp3) is 0.500. The molecule has 4 heteroatoms. The minimum Gasteiger partial charge on any atom is -0.294 e. The summed E-state index contributed by atoms with van der Waals surface area (Å²) in [7, 11) is 2.15. The molecule has 0 fully saturated rings. The summed E-state index contributed by atoms with van der Waals surface area (Å²) in [5.74, 6) is -0.593. The molecule has 0 bridgehead atoms. The van der Waals surface area contributed by atoms with Gasteiger partial charge in [-0.15, -0.1) is 0 Å². The van der Waals surface area contributed by atoms with E-state index in [2.05, 4.69) is 21.7 Å². The van der Waals surface area contributed by atoms with Crippen molar-refractivity contribution in [3.63, 3.8) is 0 Å². The van der Waals surface area contributed by atoms with Crippen LogP contribution in [0.2, 0.25) is 0 Å². The molecule has 0 aliphatic rings. The standard InChI is InChI=1S/C18H25BO3/c1-6-8-18(19,7-2)14-9-15(11(3)20)17(13(5)22)16(10-14)12(4)21/h9-10H,6-8,19H2,1-5H3. The first-order valence-electron chi connectivity index (χ1n) is 7.89. The Morgan fingerprint density at radius 1 is 0.955 bits per heavy atom. The van der Waals surface area contributed by atoms with Crippen LogP contribution in [0.5, 0.6) is 0 Å². The van der Waals surface area contributed by atoms with Crippen molar-refractivity contribution in [1.29, 1.82) is 0 Å². The maximum absolute atomic E-state index is 12.0. The Hall–Kier alpha value is -1.71. The molecule has 1 unspecified atom stereocenters. The van der Waals surface area contributed by atoms with Crippen molar-refractivity contribution in [2.24, 2.45) is 0 Å². The average molecular weight is 300 g/mol. The van der Waals surface area contributed by atoms with Gasteiger partial charge >= 0.3 is 0 Å². The summed E-state index contributed by atoms with van der Waals surface area (Å²) in [6, 6.07) is 3.62. The fourth-order valence-corrected chi connectivity index (χ4v) is 3.00. The van der Waals surface area contributed by atoms with Gasteiger partial charge in [0.1, 0.15) is 7.85 Å². The summed E-state index contributed by atoms with van der Waals surface area (Å²) >= 11 is 0. The highest BCUT2D eigenvalue weighted by Gasteiger charge is 2.28. The Morgan fingerprint density at radius 3 is 1.68 bits per heavy atom. The Bertz CT molecular complexity index is 584. The van der Waals surface area contributed by atoms with Gasteiger partial charge < -0.3 is 0 Å². The first-order valence-corrected chi connectivity index (χ1v) is 7.89. The van der Waals surface area contributed by atoms with Crippen molar-refractivity contribution >= 4 is 25.2 Å². The lowest BCUT2D eigenvalue weighted by molar-refractivity contribution is 0.0967.